The average Bonchev–Trinajstić information content (AvgIpc) is 2.60. The van der Waals surface area contributed by atoms with E-state index in [0.717, 1.165) is 12.8 Å². The summed E-state index contributed by atoms with van der Waals surface area (Å²) in [6.07, 6.45) is 3.91. The second-order valence-corrected chi connectivity index (χ2v) is 4.59. The van der Waals surface area contributed by atoms with E-state index in [1.807, 2.05) is 6.08 Å². The minimum absolute atomic E-state index is 0.0521. The molecule has 0 aromatic carbocycles. The molecule has 2 aliphatic rings. The fraction of sp³-hybridized carbons (Fsp3) is 0.667. The smallest absolute Gasteiger partial charge is 0.410 e. The first-order valence-corrected chi connectivity index (χ1v) is 5.70. The quantitative estimate of drug-likeness (QED) is 0.685. The Labute approximate surface area is 95.2 Å². The number of nitrogens with zero attached hydrogens (tertiary/aromatic N) is 1. The number of carbonyl (C=O) groups is 2. The van der Waals surface area contributed by atoms with Crippen molar-refractivity contribution in [3.05, 3.63) is 12.7 Å². The fourth-order valence-corrected chi connectivity index (χ4v) is 2.70. The summed E-state index contributed by atoms with van der Waals surface area (Å²) in [5.74, 6) is 0.322. The molecule has 2 heterocycles. The van der Waals surface area contributed by atoms with Crippen molar-refractivity contribution in [3.8, 4) is 0 Å². The van der Waals surface area contributed by atoms with Gasteiger partial charge in [-0.25, -0.2) is 4.79 Å². The summed E-state index contributed by atoms with van der Waals surface area (Å²) < 4.78 is 5.05. The largest absolute Gasteiger partial charge is 0.447 e. The molecule has 3 atom stereocenters. The van der Waals surface area contributed by atoms with Gasteiger partial charge in [0.2, 0.25) is 0 Å². The maximum atomic E-state index is 11.6. The first kappa shape index (κ1) is 11.2. The van der Waals surface area contributed by atoms with Crippen LogP contribution in [-0.4, -0.2) is 35.5 Å². The van der Waals surface area contributed by atoms with Crippen LogP contribution in [0.1, 0.15) is 26.2 Å². The number of ketones is 1. The fourth-order valence-electron chi connectivity index (χ4n) is 2.70. The van der Waals surface area contributed by atoms with Crippen molar-refractivity contribution in [2.75, 3.05) is 6.61 Å². The van der Waals surface area contributed by atoms with Crippen LogP contribution in [-0.2, 0) is 9.53 Å². The van der Waals surface area contributed by atoms with E-state index in [2.05, 4.69) is 6.58 Å². The maximum absolute atomic E-state index is 11.6. The number of carbonyl (C=O) groups excluding carboxylic acids is 2. The van der Waals surface area contributed by atoms with Crippen molar-refractivity contribution < 1.29 is 14.3 Å². The average molecular weight is 223 g/mol. The molecule has 0 aliphatic carbocycles. The number of ether oxygens (including phenoxy) is 1. The summed E-state index contributed by atoms with van der Waals surface area (Å²) in [7, 11) is 0. The van der Waals surface area contributed by atoms with Gasteiger partial charge in [-0.15, -0.1) is 6.58 Å². The number of rotatable bonds is 3. The van der Waals surface area contributed by atoms with Crippen molar-refractivity contribution in [1.82, 2.24) is 4.90 Å². The molecule has 2 aliphatic heterocycles. The van der Waals surface area contributed by atoms with E-state index in [1.54, 1.807) is 11.8 Å². The van der Waals surface area contributed by atoms with Crippen LogP contribution in [0.3, 0.4) is 0 Å². The van der Waals surface area contributed by atoms with Gasteiger partial charge in [-0.2, -0.15) is 0 Å². The molecule has 2 fully saturated rings. The van der Waals surface area contributed by atoms with Crippen molar-refractivity contribution in [1.29, 1.82) is 0 Å². The Kier molecular flexibility index (Phi) is 2.99. The van der Waals surface area contributed by atoms with E-state index in [1.165, 1.54) is 0 Å². The molecule has 0 unspecified atom stereocenters. The van der Waals surface area contributed by atoms with Crippen LogP contribution in [0.5, 0.6) is 0 Å². The first-order valence-electron chi connectivity index (χ1n) is 5.70. The Morgan fingerprint density at radius 2 is 2.38 bits per heavy atom. The molecule has 0 spiro atoms. The standard InChI is InChI=1S/C12H17NO3/c1-3-9-4-5-10-7-16-12(15)13(10)11(9)6-8(2)14/h3,9-11H,1,4-7H2,2H3/t9-,10+,11+/m1/s1. The molecule has 4 heteroatoms. The number of fused-ring (bicyclic) bond motifs is 1. The molecular formula is C12H17NO3. The predicted octanol–water partition coefficient (Wildman–Crippen LogP) is 1.75. The first-order chi connectivity index (χ1) is 7.63. The Morgan fingerprint density at radius 1 is 1.62 bits per heavy atom. The third kappa shape index (κ3) is 1.84. The zero-order valence-corrected chi connectivity index (χ0v) is 9.52. The molecule has 2 rings (SSSR count). The number of cyclic esters (lactones) is 1. The summed E-state index contributed by atoms with van der Waals surface area (Å²) in [6.45, 7) is 5.82. The normalized spacial score (nSPS) is 33.2. The third-order valence-corrected chi connectivity index (χ3v) is 3.49. The Morgan fingerprint density at radius 3 is 3.00 bits per heavy atom. The number of piperidine rings is 1. The van der Waals surface area contributed by atoms with Gasteiger partial charge in [-0.1, -0.05) is 6.08 Å². The summed E-state index contributed by atoms with van der Waals surface area (Å²) >= 11 is 0. The highest BCUT2D eigenvalue weighted by molar-refractivity contribution is 5.78. The lowest BCUT2D eigenvalue weighted by molar-refractivity contribution is -0.118. The SMILES string of the molecule is C=C[C@@H]1CC[C@H]2COC(=O)N2[C@H]1CC(C)=O. The van der Waals surface area contributed by atoms with E-state index < -0.39 is 0 Å². The molecule has 0 N–H and O–H groups in total. The van der Waals surface area contributed by atoms with Crippen LogP contribution in [0.15, 0.2) is 12.7 Å². The van der Waals surface area contributed by atoms with Crippen molar-refractivity contribution in [2.45, 2.75) is 38.3 Å². The third-order valence-electron chi connectivity index (χ3n) is 3.49. The highest BCUT2D eigenvalue weighted by atomic mass is 16.6. The molecule has 0 saturated carbocycles. The molecule has 0 aromatic heterocycles. The van der Waals surface area contributed by atoms with Gasteiger partial charge < -0.3 is 4.74 Å². The van der Waals surface area contributed by atoms with Gasteiger partial charge in [0, 0.05) is 12.5 Å². The van der Waals surface area contributed by atoms with Crippen LogP contribution in [0.4, 0.5) is 4.79 Å². The lowest BCUT2D eigenvalue weighted by Gasteiger charge is -2.39. The molecule has 16 heavy (non-hydrogen) atoms. The van der Waals surface area contributed by atoms with E-state index in [9.17, 15) is 9.59 Å². The zero-order chi connectivity index (χ0) is 11.7. The number of Topliss-reactive ketones (excluding diaryl/α,β-unsaturated/α-hetero) is 1. The van der Waals surface area contributed by atoms with E-state index in [0.29, 0.717) is 13.0 Å². The van der Waals surface area contributed by atoms with Crippen LogP contribution < -0.4 is 0 Å². The summed E-state index contributed by atoms with van der Waals surface area (Å²) in [6, 6.07) is 0.108. The summed E-state index contributed by atoms with van der Waals surface area (Å²) in [5, 5.41) is 0. The molecule has 4 nitrogen and oxygen atoms in total. The highest BCUT2D eigenvalue weighted by Crippen LogP contribution is 2.34. The second-order valence-electron chi connectivity index (χ2n) is 4.59. The van der Waals surface area contributed by atoms with E-state index in [4.69, 9.17) is 4.74 Å². The molecule has 2 saturated heterocycles. The van der Waals surface area contributed by atoms with Crippen LogP contribution in [0, 0.1) is 5.92 Å². The monoisotopic (exact) mass is 223 g/mol. The lowest BCUT2D eigenvalue weighted by Crippen LogP contribution is -2.50. The molecule has 88 valence electrons. The van der Waals surface area contributed by atoms with Gasteiger partial charge in [0.15, 0.2) is 0 Å². The minimum Gasteiger partial charge on any atom is -0.447 e. The van der Waals surface area contributed by atoms with Crippen molar-refractivity contribution in [3.63, 3.8) is 0 Å². The molecular weight excluding hydrogens is 206 g/mol. The highest BCUT2D eigenvalue weighted by Gasteiger charge is 2.44. The number of amides is 1. The molecule has 0 bridgehead atoms. The Hall–Kier alpha value is -1.32. The maximum Gasteiger partial charge on any atom is 0.410 e. The van der Waals surface area contributed by atoms with Crippen molar-refractivity contribution >= 4 is 11.9 Å². The Bertz CT molecular complexity index is 326. The molecule has 1 amide bonds. The lowest BCUT2D eigenvalue weighted by atomic mass is 9.84. The van der Waals surface area contributed by atoms with E-state index >= 15 is 0 Å². The van der Waals surface area contributed by atoms with Crippen LogP contribution >= 0.6 is 0 Å². The topological polar surface area (TPSA) is 46.6 Å². The van der Waals surface area contributed by atoms with Gasteiger partial charge in [0.05, 0.1) is 6.04 Å². The van der Waals surface area contributed by atoms with Crippen LogP contribution in [0.25, 0.3) is 0 Å². The number of hydrogen-bond acceptors (Lipinski definition) is 3. The summed E-state index contributed by atoms with van der Waals surface area (Å²) in [5.41, 5.74) is 0. The van der Waals surface area contributed by atoms with Gasteiger partial charge >= 0.3 is 6.09 Å². The Balaban J connectivity index is 2.20. The molecule has 0 radical (unpaired) electrons. The van der Waals surface area contributed by atoms with Gasteiger partial charge in [-0.3, -0.25) is 9.69 Å². The van der Waals surface area contributed by atoms with Gasteiger partial charge in [0.25, 0.3) is 0 Å². The van der Waals surface area contributed by atoms with Crippen molar-refractivity contribution in [2.24, 2.45) is 5.92 Å². The minimum atomic E-state index is -0.275. The van der Waals surface area contributed by atoms with Crippen LogP contribution in [0.2, 0.25) is 0 Å². The summed E-state index contributed by atoms with van der Waals surface area (Å²) in [4.78, 5) is 24.6. The molecule has 0 aromatic rings. The predicted molar refractivity (Wildman–Crippen MR) is 59.0 cm³/mol. The van der Waals surface area contributed by atoms with Gasteiger partial charge in [-0.05, 0) is 25.7 Å². The second kappa shape index (κ2) is 4.28. The van der Waals surface area contributed by atoms with E-state index in [-0.39, 0.29) is 29.9 Å². The number of hydrogen-bond donors (Lipinski definition) is 0. The van der Waals surface area contributed by atoms with Gasteiger partial charge in [0.1, 0.15) is 12.4 Å². The zero-order valence-electron chi connectivity index (χ0n) is 9.52.